The Kier molecular flexibility index (Phi) is 4.65. The van der Waals surface area contributed by atoms with E-state index in [9.17, 15) is 9.59 Å². The average molecular weight is 322 g/mol. The van der Waals surface area contributed by atoms with Crippen LogP contribution in [0.1, 0.15) is 24.1 Å². The van der Waals surface area contributed by atoms with Gasteiger partial charge < -0.3 is 5.32 Å². The molecule has 0 spiro atoms. The van der Waals surface area contributed by atoms with Crippen molar-refractivity contribution in [3.05, 3.63) is 59.8 Å². The summed E-state index contributed by atoms with van der Waals surface area (Å²) in [5.41, 5.74) is 2.13. The third-order valence-electron chi connectivity index (χ3n) is 3.67. The van der Waals surface area contributed by atoms with Crippen molar-refractivity contribution in [1.29, 1.82) is 0 Å². The Morgan fingerprint density at radius 2 is 1.92 bits per heavy atom. The largest absolute Gasteiger partial charge is 0.305 e. The molecule has 1 aromatic carbocycles. The number of carbonyl (C=O) groups is 2. The number of hydrazone groups is 1. The zero-order valence-corrected chi connectivity index (χ0v) is 13.4. The van der Waals surface area contributed by atoms with E-state index in [-0.39, 0.29) is 18.2 Å². The Morgan fingerprint density at radius 1 is 1.12 bits per heavy atom. The summed E-state index contributed by atoms with van der Waals surface area (Å²) >= 11 is 0. The second-order valence-corrected chi connectivity index (χ2v) is 5.60. The molecule has 0 atom stereocenters. The number of hydrogen-bond donors (Lipinski definition) is 1. The molecule has 0 aliphatic carbocycles. The van der Waals surface area contributed by atoms with E-state index in [1.165, 1.54) is 5.01 Å². The molecule has 6 heteroatoms. The SMILES string of the molecule is Cc1cccc(NC(=O)C2=NN(Cc3ccccc3)C(=O)CC2)n1. The van der Waals surface area contributed by atoms with Gasteiger partial charge in [-0.05, 0) is 24.6 Å². The fourth-order valence-corrected chi connectivity index (χ4v) is 2.45. The molecule has 122 valence electrons. The molecule has 2 aromatic rings. The Bertz CT molecular complexity index is 787. The van der Waals surface area contributed by atoms with Crippen molar-refractivity contribution >= 4 is 23.3 Å². The van der Waals surface area contributed by atoms with Crippen LogP contribution in [0.15, 0.2) is 53.6 Å². The van der Waals surface area contributed by atoms with Gasteiger partial charge in [-0.25, -0.2) is 9.99 Å². The molecule has 2 heterocycles. The standard InChI is InChI=1S/C18H18N4O2/c1-13-6-5-9-16(19-13)20-18(24)15-10-11-17(23)22(21-15)12-14-7-3-2-4-8-14/h2-9H,10-12H2,1H3,(H,19,20,24). The van der Waals surface area contributed by atoms with E-state index in [2.05, 4.69) is 15.4 Å². The molecule has 0 fully saturated rings. The summed E-state index contributed by atoms with van der Waals surface area (Å²) in [6.45, 7) is 2.22. The fourth-order valence-electron chi connectivity index (χ4n) is 2.45. The van der Waals surface area contributed by atoms with E-state index < -0.39 is 0 Å². The van der Waals surface area contributed by atoms with Gasteiger partial charge in [0.15, 0.2) is 0 Å². The van der Waals surface area contributed by atoms with Crippen molar-refractivity contribution in [2.24, 2.45) is 5.10 Å². The van der Waals surface area contributed by atoms with Crippen molar-refractivity contribution in [2.45, 2.75) is 26.3 Å². The molecule has 1 aliphatic heterocycles. The smallest absolute Gasteiger partial charge is 0.273 e. The fraction of sp³-hybridized carbons (Fsp3) is 0.222. The Balaban J connectivity index is 1.73. The maximum absolute atomic E-state index is 12.4. The van der Waals surface area contributed by atoms with Gasteiger partial charge >= 0.3 is 0 Å². The highest BCUT2D eigenvalue weighted by Gasteiger charge is 2.24. The third kappa shape index (κ3) is 3.84. The van der Waals surface area contributed by atoms with E-state index in [4.69, 9.17) is 0 Å². The van der Waals surface area contributed by atoms with Gasteiger partial charge in [-0.15, -0.1) is 0 Å². The first-order valence-corrected chi connectivity index (χ1v) is 7.78. The molecular formula is C18H18N4O2. The zero-order chi connectivity index (χ0) is 16.9. The number of carbonyl (C=O) groups excluding carboxylic acids is 2. The lowest BCUT2D eigenvalue weighted by Gasteiger charge is -2.23. The summed E-state index contributed by atoms with van der Waals surface area (Å²) in [7, 11) is 0. The molecule has 1 N–H and O–H groups in total. The molecule has 0 saturated heterocycles. The molecular weight excluding hydrogens is 304 g/mol. The first-order chi connectivity index (χ1) is 11.6. The monoisotopic (exact) mass is 322 g/mol. The van der Waals surface area contributed by atoms with E-state index in [0.717, 1.165) is 11.3 Å². The Labute approximate surface area is 140 Å². The zero-order valence-electron chi connectivity index (χ0n) is 13.4. The van der Waals surface area contributed by atoms with E-state index >= 15 is 0 Å². The van der Waals surface area contributed by atoms with E-state index in [1.807, 2.05) is 49.4 Å². The van der Waals surface area contributed by atoms with Crippen LogP contribution in [0, 0.1) is 6.92 Å². The van der Waals surface area contributed by atoms with Gasteiger partial charge in [0.25, 0.3) is 5.91 Å². The number of aryl methyl sites for hydroxylation is 1. The minimum absolute atomic E-state index is 0.0796. The first kappa shape index (κ1) is 15.9. The van der Waals surface area contributed by atoms with Crippen LogP contribution >= 0.6 is 0 Å². The number of hydrogen-bond acceptors (Lipinski definition) is 4. The van der Waals surface area contributed by atoms with Gasteiger partial charge in [-0.1, -0.05) is 36.4 Å². The molecule has 0 saturated carbocycles. The number of anilines is 1. The number of aromatic nitrogens is 1. The van der Waals surface area contributed by atoms with Crippen molar-refractivity contribution in [3.8, 4) is 0 Å². The highest BCUT2D eigenvalue weighted by Crippen LogP contribution is 2.14. The van der Waals surface area contributed by atoms with Crippen LogP contribution in [0.2, 0.25) is 0 Å². The first-order valence-electron chi connectivity index (χ1n) is 7.78. The van der Waals surface area contributed by atoms with Crippen LogP contribution in [0.25, 0.3) is 0 Å². The van der Waals surface area contributed by atoms with Gasteiger partial charge in [-0.2, -0.15) is 5.10 Å². The topological polar surface area (TPSA) is 74.7 Å². The molecule has 2 amide bonds. The number of pyridine rings is 1. The summed E-state index contributed by atoms with van der Waals surface area (Å²) in [5, 5.41) is 8.33. The Morgan fingerprint density at radius 3 is 2.67 bits per heavy atom. The molecule has 0 unspecified atom stereocenters. The van der Waals surface area contributed by atoms with Crippen molar-refractivity contribution in [1.82, 2.24) is 9.99 Å². The van der Waals surface area contributed by atoms with Crippen LogP contribution < -0.4 is 5.32 Å². The van der Waals surface area contributed by atoms with Crippen LogP contribution in [0.3, 0.4) is 0 Å². The molecule has 1 aromatic heterocycles. The molecule has 0 radical (unpaired) electrons. The van der Waals surface area contributed by atoms with Crippen LogP contribution in [0.4, 0.5) is 5.82 Å². The van der Waals surface area contributed by atoms with Gasteiger partial charge in [0.1, 0.15) is 11.5 Å². The lowest BCUT2D eigenvalue weighted by molar-refractivity contribution is -0.132. The predicted octanol–water partition coefficient (Wildman–Crippen LogP) is 2.51. The second kappa shape index (κ2) is 7.04. The van der Waals surface area contributed by atoms with Crippen LogP contribution in [0.5, 0.6) is 0 Å². The van der Waals surface area contributed by atoms with E-state index in [0.29, 0.717) is 24.5 Å². The van der Waals surface area contributed by atoms with Crippen LogP contribution in [-0.2, 0) is 16.1 Å². The number of nitrogens with one attached hydrogen (secondary N) is 1. The maximum Gasteiger partial charge on any atom is 0.273 e. The number of rotatable bonds is 4. The third-order valence-corrected chi connectivity index (χ3v) is 3.67. The highest BCUT2D eigenvalue weighted by molar-refractivity contribution is 6.43. The van der Waals surface area contributed by atoms with Gasteiger partial charge in [0, 0.05) is 18.5 Å². The summed E-state index contributed by atoms with van der Waals surface area (Å²) in [5.74, 6) is 0.0805. The summed E-state index contributed by atoms with van der Waals surface area (Å²) in [6.07, 6.45) is 0.613. The van der Waals surface area contributed by atoms with Crippen molar-refractivity contribution in [2.75, 3.05) is 5.32 Å². The number of nitrogens with zero attached hydrogens (tertiary/aromatic N) is 3. The average Bonchev–Trinajstić information content (AvgIpc) is 2.58. The Hall–Kier alpha value is -3.02. The van der Waals surface area contributed by atoms with Gasteiger partial charge in [0.05, 0.1) is 6.54 Å². The van der Waals surface area contributed by atoms with Gasteiger partial charge in [0.2, 0.25) is 5.91 Å². The number of benzene rings is 1. The molecule has 3 rings (SSSR count). The predicted molar refractivity (Wildman–Crippen MR) is 91.3 cm³/mol. The number of amides is 2. The lowest BCUT2D eigenvalue weighted by Crippen LogP contribution is -2.36. The normalized spacial score (nSPS) is 14.3. The summed E-state index contributed by atoms with van der Waals surface area (Å²) in [6, 6.07) is 15.0. The lowest BCUT2D eigenvalue weighted by atomic mass is 10.1. The minimum atomic E-state index is -0.321. The molecule has 1 aliphatic rings. The molecule has 6 nitrogen and oxygen atoms in total. The maximum atomic E-state index is 12.4. The quantitative estimate of drug-likeness (QED) is 0.940. The molecule has 0 bridgehead atoms. The minimum Gasteiger partial charge on any atom is -0.305 e. The van der Waals surface area contributed by atoms with Gasteiger partial charge in [-0.3, -0.25) is 9.59 Å². The van der Waals surface area contributed by atoms with Crippen LogP contribution in [-0.4, -0.2) is 27.5 Å². The second-order valence-electron chi connectivity index (χ2n) is 5.60. The molecule has 24 heavy (non-hydrogen) atoms. The highest BCUT2D eigenvalue weighted by atomic mass is 16.2. The van der Waals surface area contributed by atoms with E-state index in [1.54, 1.807) is 6.07 Å². The van der Waals surface area contributed by atoms with Crippen molar-refractivity contribution < 1.29 is 9.59 Å². The van der Waals surface area contributed by atoms with Crippen molar-refractivity contribution in [3.63, 3.8) is 0 Å². The summed E-state index contributed by atoms with van der Waals surface area (Å²) in [4.78, 5) is 28.7. The summed E-state index contributed by atoms with van der Waals surface area (Å²) < 4.78 is 0.